The molecule has 0 aliphatic heterocycles. The van der Waals surface area contributed by atoms with Crippen molar-refractivity contribution in [3.8, 4) is 5.75 Å². The lowest BCUT2D eigenvalue weighted by molar-refractivity contribution is 0.269. The molecule has 0 aliphatic carbocycles. The second-order valence-electron chi connectivity index (χ2n) is 2.97. The summed E-state index contributed by atoms with van der Waals surface area (Å²) in [5.74, 6) is 0.655. The summed E-state index contributed by atoms with van der Waals surface area (Å²) < 4.78 is 17.1. The number of pyridine rings is 1. The molecule has 0 aromatic carbocycles. The molecule has 0 spiro atoms. The summed E-state index contributed by atoms with van der Waals surface area (Å²) in [6, 6.07) is 3.68. The standard InChI is InChI=1S/C10H15FN2O/c1-8-3-4-10(14-6-5-11)9(13-8)7-12-2/h3-4,12H,5-7H2,1-2H3. The molecule has 4 heteroatoms. The van der Waals surface area contributed by atoms with Crippen LogP contribution in [0.25, 0.3) is 0 Å². The van der Waals surface area contributed by atoms with E-state index in [-0.39, 0.29) is 6.61 Å². The molecule has 3 nitrogen and oxygen atoms in total. The molecule has 0 saturated carbocycles. The van der Waals surface area contributed by atoms with Gasteiger partial charge < -0.3 is 10.1 Å². The van der Waals surface area contributed by atoms with Crippen molar-refractivity contribution in [2.45, 2.75) is 13.5 Å². The van der Waals surface area contributed by atoms with E-state index in [1.165, 1.54) is 0 Å². The van der Waals surface area contributed by atoms with Gasteiger partial charge in [0, 0.05) is 12.2 Å². The van der Waals surface area contributed by atoms with Crippen LogP contribution in [-0.4, -0.2) is 25.3 Å². The van der Waals surface area contributed by atoms with Gasteiger partial charge in [-0.25, -0.2) is 4.39 Å². The molecule has 0 aliphatic rings. The molecule has 0 saturated heterocycles. The van der Waals surface area contributed by atoms with Gasteiger partial charge in [-0.05, 0) is 26.1 Å². The number of aromatic nitrogens is 1. The van der Waals surface area contributed by atoms with Gasteiger partial charge in [0.05, 0.1) is 5.69 Å². The predicted molar refractivity (Wildman–Crippen MR) is 53.2 cm³/mol. The maximum Gasteiger partial charge on any atom is 0.142 e. The lowest BCUT2D eigenvalue weighted by Crippen LogP contribution is -2.11. The molecule has 1 rings (SSSR count). The smallest absolute Gasteiger partial charge is 0.142 e. The van der Waals surface area contributed by atoms with Gasteiger partial charge >= 0.3 is 0 Å². The Bertz CT molecular complexity index is 291. The van der Waals surface area contributed by atoms with E-state index in [9.17, 15) is 4.39 Å². The van der Waals surface area contributed by atoms with Crippen molar-refractivity contribution in [1.29, 1.82) is 0 Å². The normalized spacial score (nSPS) is 10.2. The second kappa shape index (κ2) is 5.54. The van der Waals surface area contributed by atoms with Gasteiger partial charge in [0.15, 0.2) is 0 Å². The summed E-state index contributed by atoms with van der Waals surface area (Å²) in [6.45, 7) is 2.15. The van der Waals surface area contributed by atoms with Crippen LogP contribution in [0.3, 0.4) is 0 Å². The third kappa shape index (κ3) is 2.96. The van der Waals surface area contributed by atoms with Crippen LogP contribution in [0.1, 0.15) is 11.4 Å². The number of hydrogen-bond acceptors (Lipinski definition) is 3. The van der Waals surface area contributed by atoms with E-state index in [1.54, 1.807) is 0 Å². The number of nitrogens with zero attached hydrogens (tertiary/aromatic N) is 1. The molecule has 14 heavy (non-hydrogen) atoms. The summed E-state index contributed by atoms with van der Waals surface area (Å²) >= 11 is 0. The number of hydrogen-bond donors (Lipinski definition) is 1. The molecule has 1 aromatic rings. The maximum absolute atomic E-state index is 11.9. The highest BCUT2D eigenvalue weighted by atomic mass is 19.1. The van der Waals surface area contributed by atoms with Crippen LogP contribution in [0.15, 0.2) is 12.1 Å². The van der Waals surface area contributed by atoms with E-state index in [1.807, 2.05) is 26.1 Å². The number of halogens is 1. The number of ether oxygens (including phenoxy) is 1. The zero-order chi connectivity index (χ0) is 10.4. The van der Waals surface area contributed by atoms with Crippen molar-refractivity contribution < 1.29 is 9.13 Å². The fraction of sp³-hybridized carbons (Fsp3) is 0.500. The zero-order valence-electron chi connectivity index (χ0n) is 8.51. The van der Waals surface area contributed by atoms with Crippen LogP contribution in [0.4, 0.5) is 4.39 Å². The molecule has 1 N–H and O–H groups in total. The first-order valence-electron chi connectivity index (χ1n) is 4.58. The first kappa shape index (κ1) is 10.9. The van der Waals surface area contributed by atoms with Gasteiger partial charge in [-0.3, -0.25) is 4.98 Å². The second-order valence-corrected chi connectivity index (χ2v) is 2.97. The monoisotopic (exact) mass is 198 g/mol. The molecule has 0 bridgehead atoms. The van der Waals surface area contributed by atoms with Gasteiger partial charge in [-0.2, -0.15) is 0 Å². The summed E-state index contributed by atoms with van der Waals surface area (Å²) in [4.78, 5) is 4.31. The van der Waals surface area contributed by atoms with E-state index in [4.69, 9.17) is 4.74 Å². The Hall–Kier alpha value is -1.16. The maximum atomic E-state index is 11.9. The van der Waals surface area contributed by atoms with Gasteiger partial charge in [0.1, 0.15) is 19.0 Å². The molecule has 0 atom stereocenters. The summed E-state index contributed by atoms with van der Waals surface area (Å²) in [6.07, 6.45) is 0. The van der Waals surface area contributed by atoms with Crippen LogP contribution < -0.4 is 10.1 Å². The highest BCUT2D eigenvalue weighted by Crippen LogP contribution is 2.16. The van der Waals surface area contributed by atoms with Crippen molar-refractivity contribution in [3.63, 3.8) is 0 Å². The Morgan fingerprint density at radius 1 is 1.50 bits per heavy atom. The summed E-state index contributed by atoms with van der Waals surface area (Å²) in [7, 11) is 1.84. The molecule has 0 unspecified atom stereocenters. The van der Waals surface area contributed by atoms with Gasteiger partial charge in [0.2, 0.25) is 0 Å². The number of alkyl halides is 1. The largest absolute Gasteiger partial charge is 0.489 e. The Morgan fingerprint density at radius 3 is 2.93 bits per heavy atom. The minimum atomic E-state index is -0.479. The first-order valence-corrected chi connectivity index (χ1v) is 4.58. The minimum Gasteiger partial charge on any atom is -0.489 e. The van der Waals surface area contributed by atoms with Crippen LogP contribution >= 0.6 is 0 Å². The summed E-state index contributed by atoms with van der Waals surface area (Å²) in [5, 5.41) is 2.99. The number of rotatable bonds is 5. The van der Waals surface area contributed by atoms with Crippen LogP contribution in [-0.2, 0) is 6.54 Å². The predicted octanol–water partition coefficient (Wildman–Crippen LogP) is 1.46. The molecule has 1 aromatic heterocycles. The quantitative estimate of drug-likeness (QED) is 0.777. The molecule has 0 radical (unpaired) electrons. The number of nitrogens with one attached hydrogen (secondary N) is 1. The SMILES string of the molecule is CNCc1nc(C)ccc1OCCF. The molecule has 78 valence electrons. The minimum absolute atomic E-state index is 0.0848. The van der Waals surface area contributed by atoms with Crippen molar-refractivity contribution >= 4 is 0 Å². The van der Waals surface area contributed by atoms with Crippen LogP contribution in [0, 0.1) is 6.92 Å². The van der Waals surface area contributed by atoms with E-state index >= 15 is 0 Å². The van der Waals surface area contributed by atoms with Gasteiger partial charge in [-0.1, -0.05) is 0 Å². The number of aryl methyl sites for hydroxylation is 1. The average molecular weight is 198 g/mol. The van der Waals surface area contributed by atoms with Gasteiger partial charge in [-0.15, -0.1) is 0 Å². The first-order chi connectivity index (χ1) is 6.77. The zero-order valence-corrected chi connectivity index (χ0v) is 8.51. The van der Waals surface area contributed by atoms with Gasteiger partial charge in [0.25, 0.3) is 0 Å². The van der Waals surface area contributed by atoms with E-state index < -0.39 is 6.67 Å². The highest BCUT2D eigenvalue weighted by molar-refractivity contribution is 5.29. The van der Waals surface area contributed by atoms with Crippen molar-refractivity contribution in [1.82, 2.24) is 10.3 Å². The van der Waals surface area contributed by atoms with Crippen molar-refractivity contribution in [2.24, 2.45) is 0 Å². The van der Waals surface area contributed by atoms with Crippen LogP contribution in [0.5, 0.6) is 5.75 Å². The Labute approximate surface area is 83.3 Å². The third-order valence-electron chi connectivity index (χ3n) is 1.75. The Morgan fingerprint density at radius 2 is 2.29 bits per heavy atom. The Balaban J connectivity index is 2.78. The van der Waals surface area contributed by atoms with Crippen LogP contribution in [0.2, 0.25) is 0 Å². The molecular weight excluding hydrogens is 183 g/mol. The fourth-order valence-electron chi connectivity index (χ4n) is 1.17. The fourth-order valence-corrected chi connectivity index (χ4v) is 1.17. The highest BCUT2D eigenvalue weighted by Gasteiger charge is 2.04. The van der Waals surface area contributed by atoms with Crippen molar-refractivity contribution in [2.75, 3.05) is 20.3 Å². The van der Waals surface area contributed by atoms with E-state index in [0.717, 1.165) is 11.4 Å². The van der Waals surface area contributed by atoms with Crippen molar-refractivity contribution in [3.05, 3.63) is 23.5 Å². The lowest BCUT2D eigenvalue weighted by Gasteiger charge is -2.09. The summed E-state index contributed by atoms with van der Waals surface area (Å²) in [5.41, 5.74) is 1.75. The van der Waals surface area contributed by atoms with E-state index in [2.05, 4.69) is 10.3 Å². The molecule has 0 fully saturated rings. The molecular formula is C10H15FN2O. The lowest BCUT2D eigenvalue weighted by atomic mass is 10.3. The topological polar surface area (TPSA) is 34.2 Å². The average Bonchev–Trinajstić information content (AvgIpc) is 2.17. The molecule has 0 amide bonds. The Kier molecular flexibility index (Phi) is 4.32. The molecule has 1 heterocycles. The third-order valence-corrected chi connectivity index (χ3v) is 1.75. The van der Waals surface area contributed by atoms with E-state index in [0.29, 0.717) is 12.3 Å².